The van der Waals surface area contributed by atoms with Crippen LogP contribution in [0.25, 0.3) is 0 Å². The number of fused-ring (bicyclic) bond motifs is 1. The lowest BCUT2D eigenvalue weighted by Gasteiger charge is -2.43. The molecule has 0 aromatic heterocycles. The highest BCUT2D eigenvalue weighted by Crippen LogP contribution is 2.54. The van der Waals surface area contributed by atoms with Crippen molar-refractivity contribution >= 4 is 0 Å². The number of hydrogen-bond donors (Lipinski definition) is 1. The van der Waals surface area contributed by atoms with E-state index in [1.165, 1.54) is 25.7 Å². The van der Waals surface area contributed by atoms with E-state index in [4.69, 9.17) is 0 Å². The van der Waals surface area contributed by atoms with E-state index in [1.807, 2.05) is 0 Å². The summed E-state index contributed by atoms with van der Waals surface area (Å²) in [6.45, 7) is 2.27. The third-order valence-electron chi connectivity index (χ3n) is 4.89. The first-order chi connectivity index (χ1) is 6.16. The minimum Gasteiger partial charge on any atom is -0.390 e. The van der Waals surface area contributed by atoms with Gasteiger partial charge in [0.05, 0.1) is 5.60 Å². The summed E-state index contributed by atoms with van der Waals surface area (Å²) in [5.41, 5.74) is -0.265. The monoisotopic (exact) mass is 180 g/mol. The Balaban J connectivity index is 1.97. The molecule has 3 atom stereocenters. The van der Waals surface area contributed by atoms with E-state index in [0.717, 1.165) is 30.6 Å². The van der Waals surface area contributed by atoms with E-state index in [1.54, 1.807) is 0 Å². The smallest absolute Gasteiger partial charge is 0.0678 e. The van der Waals surface area contributed by atoms with Gasteiger partial charge in [-0.1, -0.05) is 6.92 Å². The summed E-state index contributed by atoms with van der Waals surface area (Å²) >= 11 is 0. The van der Waals surface area contributed by atoms with Crippen LogP contribution in [0.1, 0.15) is 45.4 Å². The van der Waals surface area contributed by atoms with E-state index < -0.39 is 0 Å². The Kier molecular flexibility index (Phi) is 1.59. The highest BCUT2D eigenvalue weighted by Gasteiger charge is 2.49. The largest absolute Gasteiger partial charge is 0.390 e. The van der Waals surface area contributed by atoms with Crippen LogP contribution in [0.2, 0.25) is 0 Å². The molecule has 4 fully saturated rings. The van der Waals surface area contributed by atoms with Crippen molar-refractivity contribution in [2.24, 2.45) is 23.7 Å². The Bertz CT molecular complexity index is 209. The standard InChI is InChI=1S/C12H20O/c1-8-2-9-3-10-5-11(4-9)7-12(8,13)6-10/h8-11,13H,2-7H2,1H3. The van der Waals surface area contributed by atoms with Gasteiger partial charge in [0.15, 0.2) is 0 Å². The third-order valence-corrected chi connectivity index (χ3v) is 4.89. The molecule has 0 aliphatic heterocycles. The van der Waals surface area contributed by atoms with Crippen LogP contribution in [-0.4, -0.2) is 10.7 Å². The second kappa shape index (κ2) is 2.50. The summed E-state index contributed by atoms with van der Waals surface area (Å²) < 4.78 is 0. The molecule has 3 unspecified atom stereocenters. The molecule has 1 nitrogen and oxygen atoms in total. The predicted octanol–water partition coefficient (Wildman–Crippen LogP) is 2.58. The van der Waals surface area contributed by atoms with Gasteiger partial charge in [0, 0.05) is 0 Å². The Labute approximate surface area is 80.5 Å². The molecular weight excluding hydrogens is 160 g/mol. The molecule has 0 aromatic carbocycles. The quantitative estimate of drug-likeness (QED) is 0.607. The Morgan fingerprint density at radius 3 is 2.08 bits per heavy atom. The highest BCUT2D eigenvalue weighted by molar-refractivity contribution is 5.01. The SMILES string of the molecule is CC1CC2CC3CC(C2)CC1(O)C3. The van der Waals surface area contributed by atoms with Crippen molar-refractivity contribution in [1.29, 1.82) is 0 Å². The zero-order valence-electron chi connectivity index (χ0n) is 8.50. The van der Waals surface area contributed by atoms with Crippen molar-refractivity contribution in [2.45, 2.75) is 51.0 Å². The maximum absolute atomic E-state index is 10.5. The molecule has 0 saturated heterocycles. The van der Waals surface area contributed by atoms with Crippen LogP contribution in [0.5, 0.6) is 0 Å². The minimum absolute atomic E-state index is 0.265. The molecule has 0 amide bonds. The minimum atomic E-state index is -0.265. The van der Waals surface area contributed by atoms with Gasteiger partial charge in [-0.3, -0.25) is 0 Å². The van der Waals surface area contributed by atoms with Crippen LogP contribution in [0, 0.1) is 23.7 Å². The van der Waals surface area contributed by atoms with Gasteiger partial charge >= 0.3 is 0 Å². The molecule has 13 heavy (non-hydrogen) atoms. The van der Waals surface area contributed by atoms with Gasteiger partial charge in [-0.2, -0.15) is 0 Å². The van der Waals surface area contributed by atoms with Crippen molar-refractivity contribution in [3.63, 3.8) is 0 Å². The van der Waals surface area contributed by atoms with E-state index >= 15 is 0 Å². The van der Waals surface area contributed by atoms with Crippen molar-refractivity contribution in [1.82, 2.24) is 0 Å². The Morgan fingerprint density at radius 1 is 0.923 bits per heavy atom. The van der Waals surface area contributed by atoms with E-state index in [-0.39, 0.29) is 5.60 Å². The summed E-state index contributed by atoms with van der Waals surface area (Å²) in [6.07, 6.45) is 7.78. The number of rotatable bonds is 0. The first kappa shape index (κ1) is 8.28. The molecular formula is C12H20O. The molecule has 0 spiro atoms. The zero-order valence-corrected chi connectivity index (χ0v) is 8.50. The van der Waals surface area contributed by atoms with Crippen molar-refractivity contribution in [2.75, 3.05) is 0 Å². The van der Waals surface area contributed by atoms with E-state index in [0.29, 0.717) is 5.92 Å². The average Bonchev–Trinajstić information content (AvgIpc) is 2.12. The second-order valence-corrected chi connectivity index (χ2v) is 5.95. The van der Waals surface area contributed by atoms with Crippen LogP contribution >= 0.6 is 0 Å². The van der Waals surface area contributed by atoms with Crippen LogP contribution in [0.4, 0.5) is 0 Å². The van der Waals surface area contributed by atoms with Gasteiger partial charge in [-0.15, -0.1) is 0 Å². The molecule has 4 saturated carbocycles. The zero-order chi connectivity index (χ0) is 9.05. The topological polar surface area (TPSA) is 20.2 Å². The molecule has 1 N–H and O–H groups in total. The molecule has 0 aromatic rings. The fourth-order valence-corrected chi connectivity index (χ4v) is 4.43. The Hall–Kier alpha value is -0.0400. The first-order valence-electron chi connectivity index (χ1n) is 5.88. The van der Waals surface area contributed by atoms with Crippen molar-refractivity contribution in [3.05, 3.63) is 0 Å². The van der Waals surface area contributed by atoms with Gasteiger partial charge in [-0.25, -0.2) is 0 Å². The lowest BCUT2D eigenvalue weighted by Crippen LogP contribution is -2.42. The maximum Gasteiger partial charge on any atom is 0.0678 e. The van der Waals surface area contributed by atoms with Crippen LogP contribution in [0.3, 0.4) is 0 Å². The first-order valence-corrected chi connectivity index (χ1v) is 5.88. The second-order valence-electron chi connectivity index (χ2n) is 5.95. The summed E-state index contributed by atoms with van der Waals surface area (Å²) in [6, 6.07) is 0. The molecule has 4 aliphatic rings. The predicted molar refractivity (Wildman–Crippen MR) is 52.3 cm³/mol. The van der Waals surface area contributed by atoms with E-state index in [9.17, 15) is 5.11 Å². The summed E-state index contributed by atoms with van der Waals surface area (Å²) in [5, 5.41) is 10.5. The molecule has 0 radical (unpaired) electrons. The third kappa shape index (κ3) is 1.16. The van der Waals surface area contributed by atoms with Gasteiger partial charge in [0.25, 0.3) is 0 Å². The number of aliphatic hydroxyl groups is 1. The molecule has 4 bridgehead atoms. The Morgan fingerprint density at radius 2 is 1.46 bits per heavy atom. The van der Waals surface area contributed by atoms with Gasteiger partial charge in [0.1, 0.15) is 0 Å². The fraction of sp³-hybridized carbons (Fsp3) is 1.00. The lowest BCUT2D eigenvalue weighted by atomic mass is 9.65. The summed E-state index contributed by atoms with van der Waals surface area (Å²) in [4.78, 5) is 0. The highest BCUT2D eigenvalue weighted by atomic mass is 16.3. The average molecular weight is 180 g/mol. The molecule has 0 heterocycles. The van der Waals surface area contributed by atoms with Crippen molar-refractivity contribution < 1.29 is 5.11 Å². The molecule has 74 valence electrons. The van der Waals surface area contributed by atoms with Gasteiger partial charge in [0.2, 0.25) is 0 Å². The van der Waals surface area contributed by atoms with Gasteiger partial charge < -0.3 is 5.11 Å². The molecule has 4 aliphatic carbocycles. The summed E-state index contributed by atoms with van der Waals surface area (Å²) in [5.74, 6) is 3.25. The molecule has 1 heteroatoms. The van der Waals surface area contributed by atoms with Crippen LogP contribution in [-0.2, 0) is 0 Å². The van der Waals surface area contributed by atoms with E-state index in [2.05, 4.69) is 6.92 Å². The normalized spacial score (nSPS) is 59.5. The van der Waals surface area contributed by atoms with Crippen LogP contribution in [0.15, 0.2) is 0 Å². The van der Waals surface area contributed by atoms with Crippen molar-refractivity contribution in [3.8, 4) is 0 Å². The maximum atomic E-state index is 10.5. The van der Waals surface area contributed by atoms with Crippen LogP contribution < -0.4 is 0 Å². The molecule has 4 rings (SSSR count). The fourth-order valence-electron chi connectivity index (χ4n) is 4.43. The number of hydrogen-bond acceptors (Lipinski definition) is 1. The lowest BCUT2D eigenvalue weighted by molar-refractivity contribution is -0.0692. The summed E-state index contributed by atoms with van der Waals surface area (Å²) in [7, 11) is 0. The van der Waals surface area contributed by atoms with Gasteiger partial charge in [-0.05, 0) is 62.2 Å².